The molecule has 1 aliphatic heterocycles. The maximum atomic E-state index is 12.4. The van der Waals surface area contributed by atoms with Gasteiger partial charge in [0.1, 0.15) is 6.26 Å². The molecule has 1 aromatic carbocycles. The first-order valence-corrected chi connectivity index (χ1v) is 9.46. The molecule has 7 nitrogen and oxygen atoms in total. The molecule has 0 bridgehead atoms. The summed E-state index contributed by atoms with van der Waals surface area (Å²) in [6, 6.07) is 8.41. The molecule has 0 aliphatic carbocycles. The highest BCUT2D eigenvalue weighted by atomic mass is 16.3. The molecule has 0 spiro atoms. The van der Waals surface area contributed by atoms with Gasteiger partial charge in [0.15, 0.2) is 5.69 Å². The van der Waals surface area contributed by atoms with Crippen LogP contribution in [0, 0.1) is 0 Å². The summed E-state index contributed by atoms with van der Waals surface area (Å²) in [4.78, 5) is 27.4. The Labute approximate surface area is 163 Å². The van der Waals surface area contributed by atoms with Crippen molar-refractivity contribution >= 4 is 5.91 Å². The zero-order valence-corrected chi connectivity index (χ0v) is 15.8. The molecule has 3 heterocycles. The van der Waals surface area contributed by atoms with Crippen molar-refractivity contribution in [3.8, 4) is 0 Å². The number of hydrogen-bond acceptors (Lipinski definition) is 6. The van der Waals surface area contributed by atoms with Crippen molar-refractivity contribution in [2.75, 3.05) is 6.54 Å². The van der Waals surface area contributed by atoms with Gasteiger partial charge in [0, 0.05) is 44.1 Å². The molecule has 1 N–H and O–H groups in total. The number of nitrogens with zero attached hydrogens (tertiary/aromatic N) is 4. The van der Waals surface area contributed by atoms with Gasteiger partial charge in [0.25, 0.3) is 5.91 Å². The third-order valence-corrected chi connectivity index (χ3v) is 4.86. The van der Waals surface area contributed by atoms with Crippen LogP contribution in [0.5, 0.6) is 0 Å². The lowest BCUT2D eigenvalue weighted by Gasteiger charge is -2.27. The number of carbonyl (C=O) groups is 1. The van der Waals surface area contributed by atoms with E-state index in [-0.39, 0.29) is 11.9 Å². The molecular weight excluding hydrogens is 354 g/mol. The minimum atomic E-state index is -0.240. The minimum Gasteiger partial charge on any atom is -0.447 e. The van der Waals surface area contributed by atoms with Crippen LogP contribution in [0.3, 0.4) is 0 Å². The number of aromatic nitrogens is 3. The quantitative estimate of drug-likeness (QED) is 0.710. The Morgan fingerprint density at radius 2 is 2.14 bits per heavy atom. The Balaban J connectivity index is 1.32. The zero-order valence-electron chi connectivity index (χ0n) is 15.8. The number of nitrogens with one attached hydrogen (secondary N) is 1. The van der Waals surface area contributed by atoms with Gasteiger partial charge < -0.3 is 9.73 Å². The first-order chi connectivity index (χ1) is 13.7. The van der Waals surface area contributed by atoms with Gasteiger partial charge in [-0.15, -0.1) is 0 Å². The second-order valence-electron chi connectivity index (χ2n) is 7.13. The van der Waals surface area contributed by atoms with E-state index in [1.54, 1.807) is 18.6 Å². The molecule has 0 saturated carbocycles. The molecule has 1 aliphatic rings. The predicted octanol–water partition coefficient (Wildman–Crippen LogP) is 2.38. The van der Waals surface area contributed by atoms with Gasteiger partial charge >= 0.3 is 0 Å². The Kier molecular flexibility index (Phi) is 5.43. The van der Waals surface area contributed by atoms with Crippen molar-refractivity contribution < 1.29 is 9.21 Å². The lowest BCUT2D eigenvalue weighted by atomic mass is 10.00. The zero-order chi connectivity index (χ0) is 19.3. The molecule has 2 aromatic heterocycles. The lowest BCUT2D eigenvalue weighted by Crippen LogP contribution is -2.34. The first-order valence-electron chi connectivity index (χ1n) is 9.46. The number of carbonyl (C=O) groups excluding carboxylic acids is 1. The van der Waals surface area contributed by atoms with Crippen LogP contribution in [0.2, 0.25) is 0 Å². The molecule has 3 aromatic rings. The van der Waals surface area contributed by atoms with Gasteiger partial charge in [0.05, 0.1) is 12.2 Å². The average Bonchev–Trinajstić information content (AvgIpc) is 3.17. The van der Waals surface area contributed by atoms with Crippen molar-refractivity contribution in [1.82, 2.24) is 25.2 Å². The van der Waals surface area contributed by atoms with E-state index in [0.717, 1.165) is 25.2 Å². The van der Waals surface area contributed by atoms with Crippen molar-refractivity contribution in [3.63, 3.8) is 0 Å². The summed E-state index contributed by atoms with van der Waals surface area (Å²) in [6.07, 6.45) is 8.03. The molecular formula is C21H23N5O2. The van der Waals surface area contributed by atoms with E-state index in [2.05, 4.69) is 49.4 Å². The fraction of sp³-hybridized carbons (Fsp3) is 0.333. The molecule has 0 saturated heterocycles. The van der Waals surface area contributed by atoms with E-state index in [1.165, 1.54) is 17.4 Å². The normalized spacial score (nSPS) is 15.0. The molecule has 7 heteroatoms. The second kappa shape index (κ2) is 8.31. The average molecular weight is 377 g/mol. The van der Waals surface area contributed by atoms with E-state index in [0.29, 0.717) is 24.6 Å². The van der Waals surface area contributed by atoms with E-state index in [1.807, 2.05) is 6.92 Å². The summed E-state index contributed by atoms with van der Waals surface area (Å²) in [5.74, 6) is 0.321. The summed E-state index contributed by atoms with van der Waals surface area (Å²) in [5.41, 5.74) is 3.89. The highest BCUT2D eigenvalue weighted by Crippen LogP contribution is 2.20. The van der Waals surface area contributed by atoms with E-state index in [9.17, 15) is 4.79 Å². The van der Waals surface area contributed by atoms with Crippen LogP contribution in [0.4, 0.5) is 0 Å². The van der Waals surface area contributed by atoms with Gasteiger partial charge in [0.2, 0.25) is 5.89 Å². The fourth-order valence-electron chi connectivity index (χ4n) is 3.47. The van der Waals surface area contributed by atoms with Crippen molar-refractivity contribution in [3.05, 3.63) is 77.5 Å². The third kappa shape index (κ3) is 4.43. The summed E-state index contributed by atoms with van der Waals surface area (Å²) in [7, 11) is 0. The smallest absolute Gasteiger partial charge is 0.273 e. The molecule has 0 fully saturated rings. The summed E-state index contributed by atoms with van der Waals surface area (Å²) in [6.45, 7) is 4.35. The largest absolute Gasteiger partial charge is 0.447 e. The van der Waals surface area contributed by atoms with E-state index >= 15 is 0 Å². The van der Waals surface area contributed by atoms with Crippen molar-refractivity contribution in [2.24, 2.45) is 0 Å². The van der Waals surface area contributed by atoms with Crippen LogP contribution in [-0.2, 0) is 25.9 Å². The Bertz CT molecular complexity index is 941. The highest BCUT2D eigenvalue weighted by molar-refractivity contribution is 5.92. The Morgan fingerprint density at radius 3 is 2.96 bits per heavy atom. The molecule has 1 atom stereocenters. The third-order valence-electron chi connectivity index (χ3n) is 4.86. The predicted molar refractivity (Wildman–Crippen MR) is 103 cm³/mol. The van der Waals surface area contributed by atoms with Gasteiger partial charge in [-0.25, -0.2) is 4.98 Å². The summed E-state index contributed by atoms with van der Waals surface area (Å²) >= 11 is 0. The van der Waals surface area contributed by atoms with Gasteiger partial charge in [-0.1, -0.05) is 24.3 Å². The molecule has 28 heavy (non-hydrogen) atoms. The number of rotatable bonds is 6. The van der Waals surface area contributed by atoms with Crippen LogP contribution in [0.1, 0.15) is 40.1 Å². The van der Waals surface area contributed by atoms with Crippen LogP contribution in [0.25, 0.3) is 0 Å². The SMILES string of the molecule is CC(Cc1cnccn1)NC(=O)c1coc(CN2CCc3ccccc3C2)n1. The number of fused-ring (bicyclic) bond motifs is 1. The van der Waals surface area contributed by atoms with Gasteiger partial charge in [-0.05, 0) is 24.5 Å². The first kappa shape index (κ1) is 18.3. The van der Waals surface area contributed by atoms with Crippen LogP contribution in [-0.4, -0.2) is 38.3 Å². The van der Waals surface area contributed by atoms with E-state index < -0.39 is 0 Å². The standard InChI is InChI=1S/C21H23N5O2/c1-15(10-18-11-22-7-8-23-18)24-21(27)19-14-28-20(25-19)13-26-9-6-16-4-2-3-5-17(16)12-26/h2-5,7-8,11,14-15H,6,9-10,12-13H2,1H3,(H,24,27). The topological polar surface area (TPSA) is 84.2 Å². The molecule has 0 radical (unpaired) electrons. The molecule has 144 valence electrons. The second-order valence-corrected chi connectivity index (χ2v) is 7.13. The van der Waals surface area contributed by atoms with Gasteiger partial charge in [-0.2, -0.15) is 0 Å². The van der Waals surface area contributed by atoms with E-state index in [4.69, 9.17) is 4.42 Å². The van der Waals surface area contributed by atoms with Crippen LogP contribution >= 0.6 is 0 Å². The van der Waals surface area contributed by atoms with Crippen molar-refractivity contribution in [2.45, 2.75) is 38.9 Å². The molecule has 1 unspecified atom stereocenters. The Morgan fingerprint density at radius 1 is 1.29 bits per heavy atom. The number of hydrogen-bond donors (Lipinski definition) is 1. The summed E-state index contributed by atoms with van der Waals surface area (Å²) < 4.78 is 5.54. The number of amides is 1. The number of benzene rings is 1. The lowest BCUT2D eigenvalue weighted by molar-refractivity contribution is 0.0934. The molecule has 1 amide bonds. The summed E-state index contributed by atoms with van der Waals surface area (Å²) in [5, 5.41) is 2.93. The van der Waals surface area contributed by atoms with Crippen LogP contribution < -0.4 is 5.32 Å². The maximum Gasteiger partial charge on any atom is 0.273 e. The van der Waals surface area contributed by atoms with Gasteiger partial charge in [-0.3, -0.25) is 19.7 Å². The fourth-order valence-corrected chi connectivity index (χ4v) is 3.47. The van der Waals surface area contributed by atoms with Crippen molar-refractivity contribution in [1.29, 1.82) is 0 Å². The minimum absolute atomic E-state index is 0.0806. The molecule has 4 rings (SSSR count). The Hall–Kier alpha value is -3.06. The number of oxazole rings is 1. The monoisotopic (exact) mass is 377 g/mol. The highest BCUT2D eigenvalue weighted by Gasteiger charge is 2.20. The maximum absolute atomic E-state index is 12.4. The van der Waals surface area contributed by atoms with Crippen LogP contribution in [0.15, 0.2) is 53.5 Å².